The molecule has 0 saturated carbocycles. The van der Waals surface area contributed by atoms with Gasteiger partial charge in [-0.1, -0.05) is 21.1 Å². The van der Waals surface area contributed by atoms with E-state index >= 15 is 0 Å². The van der Waals surface area contributed by atoms with Crippen molar-refractivity contribution in [3.63, 3.8) is 0 Å². The minimum atomic E-state index is -3.73. The maximum absolute atomic E-state index is 12.8. The number of halogens is 1. The number of aromatic nitrogens is 1. The van der Waals surface area contributed by atoms with Crippen molar-refractivity contribution in [3.8, 4) is 0 Å². The normalized spacial score (nSPS) is 18.7. The van der Waals surface area contributed by atoms with Crippen LogP contribution in [0.15, 0.2) is 44.2 Å². The molecular formula is C15H16BrN3O4S. The molecule has 1 aromatic carbocycles. The molecule has 1 N–H and O–H groups in total. The summed E-state index contributed by atoms with van der Waals surface area (Å²) in [5.74, 6) is 0.447. The number of rotatable bonds is 4. The van der Waals surface area contributed by atoms with E-state index in [1.54, 1.807) is 25.1 Å². The number of carbonyl (C=O) groups excluding carboxylic acids is 1. The van der Waals surface area contributed by atoms with Crippen LogP contribution in [-0.4, -0.2) is 36.4 Å². The minimum absolute atomic E-state index is 0.169. The van der Waals surface area contributed by atoms with E-state index in [1.165, 1.54) is 16.4 Å². The standard InChI is InChI=1S/C15H16BrN3O4S/c1-10-9-14(18-23-10)17-15(20)13-3-2-8-19(13)24(21,22)12-6-4-11(16)5-7-12/h4-7,9,13H,2-3,8H2,1H3,(H,17,18,20)/t13-/m0/s1. The molecule has 9 heteroatoms. The summed E-state index contributed by atoms with van der Waals surface area (Å²) in [4.78, 5) is 12.6. The van der Waals surface area contributed by atoms with E-state index in [-0.39, 0.29) is 10.7 Å². The Labute approximate surface area is 148 Å². The zero-order valence-corrected chi connectivity index (χ0v) is 15.3. The minimum Gasteiger partial charge on any atom is -0.360 e. The van der Waals surface area contributed by atoms with E-state index in [0.717, 1.165) is 4.47 Å². The summed E-state index contributed by atoms with van der Waals surface area (Å²) in [6.07, 6.45) is 1.10. The Hall–Kier alpha value is -1.71. The smallest absolute Gasteiger partial charge is 0.244 e. The zero-order valence-electron chi connectivity index (χ0n) is 12.9. The van der Waals surface area contributed by atoms with Crippen LogP contribution in [0.5, 0.6) is 0 Å². The van der Waals surface area contributed by atoms with Gasteiger partial charge in [0.05, 0.1) is 4.90 Å². The molecule has 7 nitrogen and oxygen atoms in total. The lowest BCUT2D eigenvalue weighted by Crippen LogP contribution is -2.43. The summed E-state index contributed by atoms with van der Waals surface area (Å²) in [6.45, 7) is 2.02. The summed E-state index contributed by atoms with van der Waals surface area (Å²) in [5, 5.41) is 6.31. The first-order chi connectivity index (χ1) is 11.4. The van der Waals surface area contributed by atoms with Crippen LogP contribution in [0.3, 0.4) is 0 Å². The fourth-order valence-electron chi connectivity index (χ4n) is 2.67. The maximum atomic E-state index is 12.8. The highest BCUT2D eigenvalue weighted by molar-refractivity contribution is 9.10. The third-order valence-electron chi connectivity index (χ3n) is 3.81. The number of carbonyl (C=O) groups is 1. The van der Waals surface area contributed by atoms with Crippen LogP contribution in [0.2, 0.25) is 0 Å². The zero-order chi connectivity index (χ0) is 17.3. The molecule has 1 amide bonds. The molecule has 1 atom stereocenters. The molecular weight excluding hydrogens is 398 g/mol. The first-order valence-electron chi connectivity index (χ1n) is 7.39. The largest absolute Gasteiger partial charge is 0.360 e. The summed E-state index contributed by atoms with van der Waals surface area (Å²) in [5.41, 5.74) is 0. The number of anilines is 1. The first kappa shape index (κ1) is 17.1. The van der Waals surface area contributed by atoms with Crippen molar-refractivity contribution < 1.29 is 17.7 Å². The Kier molecular flexibility index (Phi) is 4.75. The average molecular weight is 414 g/mol. The maximum Gasteiger partial charge on any atom is 0.244 e. The monoisotopic (exact) mass is 413 g/mol. The van der Waals surface area contributed by atoms with Gasteiger partial charge in [-0.25, -0.2) is 8.42 Å². The van der Waals surface area contributed by atoms with Gasteiger partial charge in [-0.3, -0.25) is 4.79 Å². The predicted octanol–water partition coefficient (Wildman–Crippen LogP) is 2.54. The van der Waals surface area contributed by atoms with Gasteiger partial charge in [0.25, 0.3) is 0 Å². The molecule has 0 spiro atoms. The van der Waals surface area contributed by atoms with Crippen LogP contribution in [0.4, 0.5) is 5.82 Å². The number of hydrogen-bond acceptors (Lipinski definition) is 5. The number of nitrogens with one attached hydrogen (secondary N) is 1. The topological polar surface area (TPSA) is 92.5 Å². The number of hydrogen-bond donors (Lipinski definition) is 1. The molecule has 0 bridgehead atoms. The van der Waals surface area contributed by atoms with Crippen molar-refractivity contribution in [2.24, 2.45) is 0 Å². The Morgan fingerprint density at radius 1 is 1.38 bits per heavy atom. The molecule has 1 aliphatic rings. The predicted molar refractivity (Wildman–Crippen MR) is 90.9 cm³/mol. The number of benzene rings is 1. The van der Waals surface area contributed by atoms with E-state index in [0.29, 0.717) is 25.1 Å². The van der Waals surface area contributed by atoms with Gasteiger partial charge in [0, 0.05) is 17.1 Å². The van der Waals surface area contributed by atoms with Gasteiger partial charge in [-0.15, -0.1) is 0 Å². The highest BCUT2D eigenvalue weighted by atomic mass is 79.9. The molecule has 2 aromatic rings. The van der Waals surface area contributed by atoms with E-state index in [4.69, 9.17) is 4.52 Å². The van der Waals surface area contributed by atoms with Crippen LogP contribution >= 0.6 is 15.9 Å². The Morgan fingerprint density at radius 2 is 2.08 bits per heavy atom. The summed E-state index contributed by atoms with van der Waals surface area (Å²) in [7, 11) is -3.73. The second kappa shape index (κ2) is 6.66. The SMILES string of the molecule is Cc1cc(NC(=O)[C@@H]2CCCN2S(=O)(=O)c2ccc(Br)cc2)no1. The molecule has 0 aliphatic carbocycles. The van der Waals surface area contributed by atoms with Crippen molar-refractivity contribution >= 4 is 37.7 Å². The van der Waals surface area contributed by atoms with Crippen LogP contribution < -0.4 is 5.32 Å². The fraction of sp³-hybridized carbons (Fsp3) is 0.333. The number of aryl methyl sites for hydroxylation is 1. The van der Waals surface area contributed by atoms with Crippen LogP contribution in [-0.2, 0) is 14.8 Å². The van der Waals surface area contributed by atoms with Crippen LogP contribution in [0.1, 0.15) is 18.6 Å². The van der Waals surface area contributed by atoms with Gasteiger partial charge in [-0.05, 0) is 44.0 Å². The molecule has 1 fully saturated rings. The lowest BCUT2D eigenvalue weighted by atomic mass is 10.2. The van der Waals surface area contributed by atoms with E-state index < -0.39 is 22.0 Å². The highest BCUT2D eigenvalue weighted by Crippen LogP contribution is 2.27. The van der Waals surface area contributed by atoms with Gasteiger partial charge < -0.3 is 9.84 Å². The Bertz CT molecular complexity index is 848. The van der Waals surface area contributed by atoms with Crippen molar-refractivity contribution in [1.29, 1.82) is 0 Å². The number of amides is 1. The lowest BCUT2D eigenvalue weighted by Gasteiger charge is -2.23. The molecule has 2 heterocycles. The van der Waals surface area contributed by atoms with Crippen molar-refractivity contribution in [3.05, 3.63) is 40.6 Å². The van der Waals surface area contributed by atoms with Crippen molar-refractivity contribution in [2.45, 2.75) is 30.7 Å². The highest BCUT2D eigenvalue weighted by Gasteiger charge is 2.39. The molecule has 1 aromatic heterocycles. The van der Waals surface area contributed by atoms with Crippen molar-refractivity contribution in [1.82, 2.24) is 9.46 Å². The molecule has 1 saturated heterocycles. The van der Waals surface area contributed by atoms with Crippen molar-refractivity contribution in [2.75, 3.05) is 11.9 Å². The second-order valence-corrected chi connectivity index (χ2v) is 8.35. The average Bonchev–Trinajstić information content (AvgIpc) is 3.17. The van der Waals surface area contributed by atoms with E-state index in [9.17, 15) is 13.2 Å². The third-order valence-corrected chi connectivity index (χ3v) is 6.26. The summed E-state index contributed by atoms with van der Waals surface area (Å²) in [6, 6.07) is 7.20. The molecule has 0 unspecified atom stereocenters. The Balaban J connectivity index is 1.81. The third kappa shape index (κ3) is 3.38. The first-order valence-corrected chi connectivity index (χ1v) is 9.63. The lowest BCUT2D eigenvalue weighted by molar-refractivity contribution is -0.119. The van der Waals surface area contributed by atoms with E-state index in [2.05, 4.69) is 26.4 Å². The summed E-state index contributed by atoms with van der Waals surface area (Å²) >= 11 is 3.28. The summed E-state index contributed by atoms with van der Waals surface area (Å²) < 4.78 is 32.6. The molecule has 1 aliphatic heterocycles. The van der Waals surface area contributed by atoms with Gasteiger partial charge in [0.1, 0.15) is 11.8 Å². The van der Waals surface area contributed by atoms with Crippen LogP contribution in [0, 0.1) is 6.92 Å². The van der Waals surface area contributed by atoms with Gasteiger partial charge >= 0.3 is 0 Å². The number of sulfonamides is 1. The molecule has 128 valence electrons. The van der Waals surface area contributed by atoms with Crippen LogP contribution in [0.25, 0.3) is 0 Å². The second-order valence-electron chi connectivity index (χ2n) is 5.54. The molecule has 0 radical (unpaired) electrons. The Morgan fingerprint density at radius 3 is 2.71 bits per heavy atom. The molecule has 24 heavy (non-hydrogen) atoms. The van der Waals surface area contributed by atoms with Gasteiger partial charge in [-0.2, -0.15) is 4.31 Å². The number of nitrogens with zero attached hydrogens (tertiary/aromatic N) is 2. The van der Waals surface area contributed by atoms with E-state index in [1.807, 2.05) is 0 Å². The molecule has 3 rings (SSSR count). The fourth-order valence-corrected chi connectivity index (χ4v) is 4.59. The van der Waals surface area contributed by atoms with Gasteiger partial charge in [0.2, 0.25) is 15.9 Å². The van der Waals surface area contributed by atoms with Gasteiger partial charge in [0.15, 0.2) is 5.82 Å². The quantitative estimate of drug-likeness (QED) is 0.830.